The van der Waals surface area contributed by atoms with Gasteiger partial charge in [-0.2, -0.15) is 0 Å². The molecule has 0 aromatic heterocycles. The zero-order valence-corrected chi connectivity index (χ0v) is 16.6. The molecule has 3 aromatic rings. The van der Waals surface area contributed by atoms with Crippen molar-refractivity contribution in [3.8, 4) is 0 Å². The molecule has 0 saturated heterocycles. The van der Waals surface area contributed by atoms with Crippen molar-refractivity contribution in [3.05, 3.63) is 95.3 Å². The van der Waals surface area contributed by atoms with E-state index < -0.39 is 0 Å². The second-order valence-corrected chi connectivity index (χ2v) is 7.50. The van der Waals surface area contributed by atoms with Gasteiger partial charge in [-0.1, -0.05) is 36.4 Å². The third kappa shape index (κ3) is 5.13. The highest BCUT2D eigenvalue weighted by molar-refractivity contribution is 6.05. The second kappa shape index (κ2) is 8.93. The van der Waals surface area contributed by atoms with Crippen LogP contribution in [0.4, 0.5) is 15.8 Å². The molecule has 4 rings (SSSR count). The summed E-state index contributed by atoms with van der Waals surface area (Å²) in [5, 5.41) is 6.35. The van der Waals surface area contributed by atoms with Crippen LogP contribution >= 0.6 is 0 Å². The minimum atomic E-state index is -0.248. The number of nitrogens with two attached hydrogens (primary N) is 1. The monoisotopic (exact) mass is 401 g/mol. The summed E-state index contributed by atoms with van der Waals surface area (Å²) in [5.74, 6) is -0.458. The van der Waals surface area contributed by atoms with Crippen molar-refractivity contribution in [1.29, 1.82) is 0 Å². The normalized spacial score (nSPS) is 13.8. The van der Waals surface area contributed by atoms with Crippen molar-refractivity contribution in [2.75, 3.05) is 17.6 Å². The average molecular weight is 401 g/mol. The SMILES string of the molecule is Nc1ccccc1NC(=O)c1ccc(C=C(CNC2CC2)c2ccc(F)cc2)cc1. The van der Waals surface area contributed by atoms with Crippen LogP contribution in [-0.4, -0.2) is 18.5 Å². The van der Waals surface area contributed by atoms with Gasteiger partial charge < -0.3 is 16.4 Å². The van der Waals surface area contributed by atoms with Gasteiger partial charge in [0.05, 0.1) is 11.4 Å². The number of anilines is 2. The van der Waals surface area contributed by atoms with E-state index in [1.807, 2.05) is 24.3 Å². The molecule has 4 nitrogen and oxygen atoms in total. The molecule has 5 heteroatoms. The van der Waals surface area contributed by atoms with E-state index in [9.17, 15) is 9.18 Å². The first-order chi connectivity index (χ1) is 14.6. The van der Waals surface area contributed by atoms with Crippen LogP contribution in [0.2, 0.25) is 0 Å². The number of carbonyl (C=O) groups excluding carboxylic acids is 1. The minimum absolute atomic E-state index is 0.211. The van der Waals surface area contributed by atoms with Crippen LogP contribution in [0.15, 0.2) is 72.8 Å². The summed E-state index contributed by atoms with van der Waals surface area (Å²) in [7, 11) is 0. The molecule has 0 radical (unpaired) electrons. The van der Waals surface area contributed by atoms with Gasteiger partial charge in [-0.3, -0.25) is 4.79 Å². The lowest BCUT2D eigenvalue weighted by atomic mass is 10.0. The lowest BCUT2D eigenvalue weighted by molar-refractivity contribution is 0.102. The Morgan fingerprint density at radius 1 is 0.967 bits per heavy atom. The molecule has 1 amide bonds. The van der Waals surface area contributed by atoms with Crippen LogP contribution in [0.1, 0.15) is 34.3 Å². The molecule has 0 aliphatic heterocycles. The predicted molar refractivity (Wildman–Crippen MR) is 121 cm³/mol. The highest BCUT2D eigenvalue weighted by atomic mass is 19.1. The molecule has 30 heavy (non-hydrogen) atoms. The van der Waals surface area contributed by atoms with Gasteiger partial charge in [-0.15, -0.1) is 0 Å². The summed E-state index contributed by atoms with van der Waals surface area (Å²) < 4.78 is 13.3. The molecule has 0 unspecified atom stereocenters. The van der Waals surface area contributed by atoms with Crippen molar-refractivity contribution in [2.45, 2.75) is 18.9 Å². The predicted octanol–water partition coefficient (Wildman–Crippen LogP) is 4.95. The molecule has 4 N–H and O–H groups in total. The van der Waals surface area contributed by atoms with E-state index in [0.29, 0.717) is 29.5 Å². The summed E-state index contributed by atoms with van der Waals surface area (Å²) in [6.45, 7) is 0.714. The van der Waals surface area contributed by atoms with Gasteiger partial charge in [0, 0.05) is 18.2 Å². The van der Waals surface area contributed by atoms with Crippen molar-refractivity contribution >= 4 is 28.9 Å². The zero-order chi connectivity index (χ0) is 20.9. The van der Waals surface area contributed by atoms with Gasteiger partial charge in [0.2, 0.25) is 0 Å². The summed E-state index contributed by atoms with van der Waals surface area (Å²) in [6.07, 6.45) is 4.47. The first-order valence-corrected chi connectivity index (χ1v) is 10.0. The van der Waals surface area contributed by atoms with E-state index >= 15 is 0 Å². The first-order valence-electron chi connectivity index (χ1n) is 10.0. The Balaban J connectivity index is 1.51. The third-order valence-electron chi connectivity index (χ3n) is 5.10. The summed E-state index contributed by atoms with van der Waals surface area (Å²) in [4.78, 5) is 12.5. The Labute approximate surface area is 175 Å². The standard InChI is InChI=1S/C25H24FN3O/c26-21-11-9-18(10-12-21)20(16-28-22-13-14-22)15-17-5-7-19(8-6-17)25(30)29-24-4-2-1-3-23(24)27/h1-12,15,22,28H,13-14,16,27H2,(H,29,30). The van der Waals surface area contributed by atoms with E-state index in [2.05, 4.69) is 16.7 Å². The number of halogens is 1. The second-order valence-electron chi connectivity index (χ2n) is 7.50. The fraction of sp³-hybridized carbons (Fsp3) is 0.160. The topological polar surface area (TPSA) is 67.1 Å². The van der Waals surface area contributed by atoms with Crippen LogP contribution in [0, 0.1) is 5.82 Å². The van der Waals surface area contributed by atoms with E-state index in [0.717, 1.165) is 16.7 Å². The molecule has 0 heterocycles. The molecule has 1 aliphatic carbocycles. The van der Waals surface area contributed by atoms with Crippen molar-refractivity contribution in [1.82, 2.24) is 5.32 Å². The minimum Gasteiger partial charge on any atom is -0.397 e. The fourth-order valence-electron chi connectivity index (χ4n) is 3.18. The quantitative estimate of drug-likeness (QED) is 0.387. The summed E-state index contributed by atoms with van der Waals surface area (Å²) in [6, 6.07) is 21.7. The number of benzene rings is 3. The Morgan fingerprint density at radius 3 is 2.30 bits per heavy atom. The van der Waals surface area contributed by atoms with Crippen LogP contribution in [-0.2, 0) is 0 Å². The maximum atomic E-state index is 13.3. The van der Waals surface area contributed by atoms with Gasteiger partial charge in [0.1, 0.15) is 5.82 Å². The number of carbonyl (C=O) groups is 1. The number of nitrogens with one attached hydrogen (secondary N) is 2. The number of hydrogen-bond acceptors (Lipinski definition) is 3. The molecular weight excluding hydrogens is 377 g/mol. The Kier molecular flexibility index (Phi) is 5.91. The highest BCUT2D eigenvalue weighted by Gasteiger charge is 2.20. The smallest absolute Gasteiger partial charge is 0.255 e. The fourth-order valence-corrected chi connectivity index (χ4v) is 3.18. The van der Waals surface area contributed by atoms with Crippen LogP contribution in [0.25, 0.3) is 11.6 Å². The van der Waals surface area contributed by atoms with Crippen molar-refractivity contribution in [2.24, 2.45) is 0 Å². The maximum Gasteiger partial charge on any atom is 0.255 e. The van der Waals surface area contributed by atoms with E-state index in [1.165, 1.54) is 25.0 Å². The molecule has 0 spiro atoms. The molecule has 1 aliphatic rings. The number of hydrogen-bond donors (Lipinski definition) is 3. The number of amides is 1. The third-order valence-corrected chi connectivity index (χ3v) is 5.10. The average Bonchev–Trinajstić information content (AvgIpc) is 3.58. The Morgan fingerprint density at radius 2 is 1.63 bits per heavy atom. The van der Waals surface area contributed by atoms with Crippen molar-refractivity contribution in [3.63, 3.8) is 0 Å². The number of para-hydroxylation sites is 2. The van der Waals surface area contributed by atoms with E-state index in [4.69, 9.17) is 5.73 Å². The van der Waals surface area contributed by atoms with E-state index in [-0.39, 0.29) is 11.7 Å². The summed E-state index contributed by atoms with van der Waals surface area (Å²) in [5.41, 5.74) is 10.6. The van der Waals surface area contributed by atoms with Crippen LogP contribution < -0.4 is 16.4 Å². The summed E-state index contributed by atoms with van der Waals surface area (Å²) >= 11 is 0. The molecule has 152 valence electrons. The Hall–Kier alpha value is -3.44. The maximum absolute atomic E-state index is 13.3. The van der Waals surface area contributed by atoms with Gasteiger partial charge in [-0.25, -0.2) is 4.39 Å². The molecule has 0 bridgehead atoms. The Bertz CT molecular complexity index is 1050. The lowest BCUT2D eigenvalue weighted by Gasteiger charge is -2.11. The number of nitrogen functional groups attached to an aromatic ring is 1. The zero-order valence-electron chi connectivity index (χ0n) is 16.6. The van der Waals surface area contributed by atoms with Gasteiger partial charge in [0.15, 0.2) is 0 Å². The lowest BCUT2D eigenvalue weighted by Crippen LogP contribution is -2.18. The molecular formula is C25H24FN3O. The molecule has 1 saturated carbocycles. The highest BCUT2D eigenvalue weighted by Crippen LogP contribution is 2.23. The van der Waals surface area contributed by atoms with Gasteiger partial charge in [-0.05, 0) is 72.0 Å². The van der Waals surface area contributed by atoms with Gasteiger partial charge >= 0.3 is 0 Å². The van der Waals surface area contributed by atoms with Gasteiger partial charge in [0.25, 0.3) is 5.91 Å². The van der Waals surface area contributed by atoms with Crippen LogP contribution in [0.5, 0.6) is 0 Å². The molecule has 1 fully saturated rings. The first kappa shape index (κ1) is 19.9. The number of rotatable bonds is 7. The largest absolute Gasteiger partial charge is 0.397 e. The molecule has 0 atom stereocenters. The van der Waals surface area contributed by atoms with Crippen LogP contribution in [0.3, 0.4) is 0 Å². The van der Waals surface area contributed by atoms with Crippen molar-refractivity contribution < 1.29 is 9.18 Å². The van der Waals surface area contributed by atoms with E-state index in [1.54, 1.807) is 36.4 Å². The molecule has 3 aromatic carbocycles.